The first-order valence-electron chi connectivity index (χ1n) is 28.4. The van der Waals surface area contributed by atoms with Crippen LogP contribution >= 0.6 is 0 Å². The summed E-state index contributed by atoms with van der Waals surface area (Å²) < 4.78 is 0. The summed E-state index contributed by atoms with van der Waals surface area (Å²) in [6.07, 6.45) is 3.65. The van der Waals surface area contributed by atoms with Crippen molar-refractivity contribution in [1.82, 2.24) is 0 Å². The smallest absolute Gasteiger partial charge is 0.00141 e. The molecule has 0 radical (unpaired) electrons. The van der Waals surface area contributed by atoms with Crippen LogP contribution in [-0.2, 0) is 12.8 Å². The highest BCUT2D eigenvalue weighted by Crippen LogP contribution is 2.57. The molecule has 14 aromatic rings. The van der Waals surface area contributed by atoms with E-state index in [9.17, 15) is 0 Å². The number of hydrogen-bond donors (Lipinski definition) is 0. The monoisotopic (exact) mass is 1020 g/mol. The number of benzene rings is 14. The highest BCUT2D eigenvalue weighted by atomic mass is 14.3. The standard InChI is InChI=1S/C80H56/c1-9-27-53(28-10-1)71-67-43-25-26-44-68-72(54-29-11-2-12-30-54)75(56-33-15-4-16-34-56)78(59-39-21-7-22-40-59)79(60-41-23-8-24-42-60)80(68)66-49-47-61-45-46-62-51-64(52-63-48-50-65(66)70(61)69(62)63)73(67)76(57-35-17-5-18-36-57)77(58-37-19-6-20-38-58)74(71)55-31-13-3-14-32-55/h1-24,27-42,45-52H,25-26,43-44H2. The van der Waals surface area contributed by atoms with Crippen LogP contribution in [0.4, 0.5) is 0 Å². The van der Waals surface area contributed by atoms with Crippen molar-refractivity contribution in [3.8, 4) is 111 Å². The molecule has 0 saturated carbocycles. The molecular weight excluding hydrogens is 961 g/mol. The van der Waals surface area contributed by atoms with Crippen molar-refractivity contribution in [3.05, 3.63) is 302 Å². The van der Waals surface area contributed by atoms with Crippen LogP contribution in [-0.4, -0.2) is 0 Å². The van der Waals surface area contributed by atoms with E-state index in [2.05, 4.69) is 291 Å². The zero-order valence-corrected chi connectivity index (χ0v) is 44.5. The van der Waals surface area contributed by atoms with E-state index < -0.39 is 0 Å². The summed E-state index contributed by atoms with van der Waals surface area (Å²) in [6.45, 7) is 0. The Balaban J connectivity index is 1.13. The summed E-state index contributed by atoms with van der Waals surface area (Å²) in [7, 11) is 0. The Bertz CT molecular complexity index is 4530. The van der Waals surface area contributed by atoms with Gasteiger partial charge in [-0.2, -0.15) is 0 Å². The number of rotatable bonds is 8. The van der Waals surface area contributed by atoms with Crippen LogP contribution in [0.5, 0.6) is 0 Å². The van der Waals surface area contributed by atoms with Crippen LogP contribution in [0.1, 0.15) is 24.0 Å². The van der Waals surface area contributed by atoms with Gasteiger partial charge in [0.1, 0.15) is 0 Å². The normalized spacial score (nSPS) is 12.3. The predicted octanol–water partition coefficient (Wildman–Crippen LogP) is 22.1. The van der Waals surface area contributed by atoms with Crippen molar-refractivity contribution in [2.24, 2.45) is 0 Å². The molecule has 7 bridgehead atoms. The minimum Gasteiger partial charge on any atom is -0.0622 e. The van der Waals surface area contributed by atoms with Crippen LogP contribution in [0.3, 0.4) is 0 Å². The maximum atomic E-state index is 2.53. The summed E-state index contributed by atoms with van der Waals surface area (Å²) in [4.78, 5) is 0. The van der Waals surface area contributed by atoms with Gasteiger partial charge < -0.3 is 0 Å². The molecule has 0 atom stereocenters. The first kappa shape index (κ1) is 47.3. The lowest BCUT2D eigenvalue weighted by molar-refractivity contribution is 0.737. The minimum absolute atomic E-state index is 0.865. The molecule has 0 saturated heterocycles. The van der Waals surface area contributed by atoms with Crippen molar-refractivity contribution in [2.75, 3.05) is 0 Å². The van der Waals surface area contributed by atoms with E-state index in [1.807, 2.05) is 0 Å². The molecule has 0 aliphatic heterocycles. The molecule has 2 aliphatic rings. The van der Waals surface area contributed by atoms with Crippen LogP contribution in [0.25, 0.3) is 144 Å². The van der Waals surface area contributed by atoms with Crippen molar-refractivity contribution in [2.45, 2.75) is 25.7 Å². The fourth-order valence-electron chi connectivity index (χ4n) is 13.7. The zero-order valence-electron chi connectivity index (χ0n) is 44.5. The van der Waals surface area contributed by atoms with E-state index in [4.69, 9.17) is 0 Å². The van der Waals surface area contributed by atoms with E-state index in [1.54, 1.807) is 0 Å². The van der Waals surface area contributed by atoms with Crippen molar-refractivity contribution < 1.29 is 0 Å². The average Bonchev–Trinajstić information content (AvgIpc) is 3.74. The summed E-state index contributed by atoms with van der Waals surface area (Å²) in [5.74, 6) is 0. The van der Waals surface area contributed by atoms with Crippen molar-refractivity contribution in [3.63, 3.8) is 0 Å². The van der Waals surface area contributed by atoms with Crippen LogP contribution in [0.15, 0.2) is 291 Å². The number of fused-ring (bicyclic) bond motifs is 4. The first-order valence-corrected chi connectivity index (χ1v) is 28.4. The second kappa shape index (κ2) is 20.2. The van der Waals surface area contributed by atoms with E-state index in [-0.39, 0.29) is 0 Å². The fourth-order valence-corrected chi connectivity index (χ4v) is 13.7. The van der Waals surface area contributed by atoms with Gasteiger partial charge in [0.05, 0.1) is 0 Å². The lowest BCUT2D eigenvalue weighted by Gasteiger charge is -2.29. The van der Waals surface area contributed by atoms with Gasteiger partial charge in [0, 0.05) is 0 Å². The maximum absolute atomic E-state index is 2.53. The summed E-state index contributed by atoms with van der Waals surface area (Å²) in [6, 6.07) is 110. The molecule has 80 heavy (non-hydrogen) atoms. The summed E-state index contributed by atoms with van der Waals surface area (Å²) >= 11 is 0. The second-order valence-electron chi connectivity index (χ2n) is 21.5. The molecule has 0 unspecified atom stereocenters. The maximum Gasteiger partial charge on any atom is -0.00141 e. The zero-order chi connectivity index (χ0) is 52.9. The Morgan fingerprint density at radius 1 is 0.188 bits per heavy atom. The van der Waals surface area contributed by atoms with E-state index >= 15 is 0 Å². The second-order valence-corrected chi connectivity index (χ2v) is 21.5. The molecule has 16 rings (SSSR count). The Morgan fingerprint density at radius 3 is 0.812 bits per heavy atom. The van der Waals surface area contributed by atoms with Gasteiger partial charge in [-0.15, -0.1) is 0 Å². The first-order chi connectivity index (χ1) is 39.8. The van der Waals surface area contributed by atoms with Gasteiger partial charge in [-0.3, -0.25) is 0 Å². The fraction of sp³-hybridized carbons (Fsp3) is 0.0500. The SMILES string of the molecule is c1ccc(-c2c3c(c(-c4ccccc4)c(-c4ccccc4)c2-c2ccccc2)-c2cc4ccc5ccc(c6ccc(c2)c4c56)-c2c(c(-c4ccccc4)c(-c4ccccc4)c(-c4ccccc4)c2-c2ccccc2)CCCC3)cc1. The lowest BCUT2D eigenvalue weighted by atomic mass is 9.73. The molecule has 0 heteroatoms. The summed E-state index contributed by atoms with van der Waals surface area (Å²) in [5.41, 5.74) is 27.8. The quantitative estimate of drug-likeness (QED) is 0.133. The van der Waals surface area contributed by atoms with Crippen LogP contribution < -0.4 is 0 Å². The molecule has 0 spiro atoms. The molecule has 0 N–H and O–H groups in total. The largest absolute Gasteiger partial charge is 0.0622 e. The molecule has 0 heterocycles. The molecule has 0 amide bonds. The highest BCUT2D eigenvalue weighted by molar-refractivity contribution is 6.28. The minimum atomic E-state index is 0.865. The van der Waals surface area contributed by atoms with Crippen LogP contribution in [0, 0.1) is 0 Å². The van der Waals surface area contributed by atoms with E-state index in [0.29, 0.717) is 0 Å². The van der Waals surface area contributed by atoms with Crippen LogP contribution in [0.2, 0.25) is 0 Å². The van der Waals surface area contributed by atoms with Crippen molar-refractivity contribution >= 4 is 32.3 Å². The van der Waals surface area contributed by atoms with Gasteiger partial charge in [0.15, 0.2) is 0 Å². The van der Waals surface area contributed by atoms with E-state index in [1.165, 1.54) is 155 Å². The Morgan fingerprint density at radius 2 is 0.450 bits per heavy atom. The third kappa shape index (κ3) is 7.98. The average molecular weight is 1020 g/mol. The van der Waals surface area contributed by atoms with E-state index in [0.717, 1.165) is 25.7 Å². The van der Waals surface area contributed by atoms with Gasteiger partial charge in [-0.25, -0.2) is 0 Å². The van der Waals surface area contributed by atoms with Crippen molar-refractivity contribution in [1.29, 1.82) is 0 Å². The number of hydrogen-bond acceptors (Lipinski definition) is 0. The summed E-state index contributed by atoms with van der Waals surface area (Å²) in [5, 5.41) is 7.66. The molecule has 14 aromatic carbocycles. The van der Waals surface area contributed by atoms with Gasteiger partial charge in [0.2, 0.25) is 0 Å². The Hall–Kier alpha value is -9.88. The van der Waals surface area contributed by atoms with Gasteiger partial charge in [0.25, 0.3) is 0 Å². The molecule has 0 aromatic heterocycles. The third-order valence-corrected chi connectivity index (χ3v) is 17.0. The van der Waals surface area contributed by atoms with Gasteiger partial charge in [-0.1, -0.05) is 279 Å². The Kier molecular flexibility index (Phi) is 11.9. The molecule has 376 valence electrons. The molecule has 2 aliphatic carbocycles. The highest BCUT2D eigenvalue weighted by Gasteiger charge is 2.32. The molecule has 0 fully saturated rings. The third-order valence-electron chi connectivity index (χ3n) is 17.0. The molecule has 0 nitrogen and oxygen atoms in total. The lowest BCUT2D eigenvalue weighted by Crippen LogP contribution is -2.06. The topological polar surface area (TPSA) is 0 Å². The Labute approximate surface area is 468 Å². The molecular formula is C80H56. The predicted molar refractivity (Wildman–Crippen MR) is 341 cm³/mol. The van der Waals surface area contributed by atoms with Gasteiger partial charge >= 0.3 is 0 Å². The van der Waals surface area contributed by atoms with Gasteiger partial charge in [-0.05, 0) is 193 Å².